The summed E-state index contributed by atoms with van der Waals surface area (Å²) in [6, 6.07) is 17.6. The lowest BCUT2D eigenvalue weighted by Gasteiger charge is -2.03. The highest BCUT2D eigenvalue weighted by atomic mass is 79.9. The number of nitrogens with one attached hydrogen (secondary N) is 2. The van der Waals surface area contributed by atoms with E-state index in [2.05, 4.69) is 15.6 Å². The average molecular weight is 390 g/mol. The van der Waals surface area contributed by atoms with E-state index in [9.17, 15) is 4.79 Å². The molecule has 3 aromatic rings. The Morgan fingerprint density at radius 3 is 2.35 bits per heavy atom. The van der Waals surface area contributed by atoms with E-state index in [4.69, 9.17) is 0 Å². The lowest BCUT2D eigenvalue weighted by atomic mass is 10.1. The Morgan fingerprint density at radius 2 is 1.70 bits per heavy atom. The van der Waals surface area contributed by atoms with Gasteiger partial charge in [-0.2, -0.15) is 0 Å². The van der Waals surface area contributed by atoms with Crippen molar-refractivity contribution in [3.63, 3.8) is 0 Å². The van der Waals surface area contributed by atoms with Gasteiger partial charge in [0.25, 0.3) is 0 Å². The van der Waals surface area contributed by atoms with Gasteiger partial charge >= 0.3 is 0 Å². The van der Waals surface area contributed by atoms with Crippen LogP contribution in [0.3, 0.4) is 0 Å². The molecule has 0 bridgehead atoms. The van der Waals surface area contributed by atoms with Gasteiger partial charge in [0.05, 0.1) is 5.69 Å². The number of aromatic nitrogens is 1. The number of amides is 1. The summed E-state index contributed by atoms with van der Waals surface area (Å²) in [4.78, 5) is 15.6. The fourth-order valence-corrected chi connectivity index (χ4v) is 2.78. The van der Waals surface area contributed by atoms with Crippen LogP contribution in [-0.2, 0) is 4.79 Å². The second kappa shape index (κ2) is 7.89. The van der Waals surface area contributed by atoms with Crippen molar-refractivity contribution in [3.8, 4) is 11.3 Å². The number of nitrogens with zero attached hydrogens (tertiary/aromatic N) is 1. The van der Waals surface area contributed by atoms with Crippen molar-refractivity contribution >= 4 is 50.7 Å². The van der Waals surface area contributed by atoms with Gasteiger partial charge in [-0.15, -0.1) is 28.3 Å². The molecule has 0 aliphatic carbocycles. The molecule has 4 nitrogen and oxygen atoms in total. The summed E-state index contributed by atoms with van der Waals surface area (Å²) < 4.78 is 0. The van der Waals surface area contributed by atoms with Crippen LogP contribution < -0.4 is 10.6 Å². The molecule has 0 unspecified atom stereocenters. The smallest absolute Gasteiger partial charge is 0.221 e. The molecule has 1 amide bonds. The summed E-state index contributed by atoms with van der Waals surface area (Å²) in [5.41, 5.74) is 3.74. The monoisotopic (exact) mass is 389 g/mol. The Bertz CT molecular complexity index is 772. The molecule has 2 aromatic carbocycles. The Morgan fingerprint density at radius 1 is 1.00 bits per heavy atom. The maximum Gasteiger partial charge on any atom is 0.221 e. The number of carbonyl (C=O) groups excluding carboxylic acids is 1. The highest BCUT2D eigenvalue weighted by Gasteiger charge is 2.05. The molecule has 1 heterocycles. The van der Waals surface area contributed by atoms with E-state index in [0.29, 0.717) is 0 Å². The summed E-state index contributed by atoms with van der Waals surface area (Å²) in [6.45, 7) is 1.50. The van der Waals surface area contributed by atoms with E-state index >= 15 is 0 Å². The minimum absolute atomic E-state index is 0. The first-order chi connectivity index (χ1) is 10.7. The van der Waals surface area contributed by atoms with Crippen LogP contribution in [0.2, 0.25) is 0 Å². The predicted octanol–water partition coefficient (Wildman–Crippen LogP) is 5.09. The van der Waals surface area contributed by atoms with E-state index in [1.165, 1.54) is 6.92 Å². The second-order valence-corrected chi connectivity index (χ2v) is 5.65. The number of rotatable bonds is 4. The van der Waals surface area contributed by atoms with Crippen LogP contribution in [0.4, 0.5) is 16.5 Å². The Labute approximate surface area is 149 Å². The van der Waals surface area contributed by atoms with Crippen molar-refractivity contribution in [3.05, 3.63) is 60.0 Å². The summed E-state index contributed by atoms with van der Waals surface area (Å²) in [5, 5.41) is 8.90. The molecule has 6 heteroatoms. The number of hydrogen-bond donors (Lipinski definition) is 2. The lowest BCUT2D eigenvalue weighted by Crippen LogP contribution is -2.05. The van der Waals surface area contributed by atoms with Crippen LogP contribution in [0.1, 0.15) is 6.92 Å². The molecule has 0 saturated heterocycles. The fraction of sp³-hybridized carbons (Fsp3) is 0.0588. The third-order valence-electron chi connectivity index (χ3n) is 3.03. The van der Waals surface area contributed by atoms with E-state index in [-0.39, 0.29) is 22.9 Å². The highest BCUT2D eigenvalue weighted by molar-refractivity contribution is 8.93. The largest absolute Gasteiger partial charge is 0.332 e. The van der Waals surface area contributed by atoms with E-state index in [0.717, 1.165) is 27.8 Å². The standard InChI is InChI=1S/C17H15N3OS.BrH/c1-12(21)18-15-9-7-13(8-10-15)16-11-22-17(20-16)19-14-5-3-2-4-6-14;/h2-11H,1H3,(H,18,21)(H,19,20);1H. The number of carbonyl (C=O) groups is 1. The van der Waals surface area contributed by atoms with Crippen LogP contribution >= 0.6 is 28.3 Å². The molecular formula is C17H16BrN3OS. The van der Waals surface area contributed by atoms with Gasteiger partial charge in [0.15, 0.2) is 5.13 Å². The van der Waals surface area contributed by atoms with Crippen LogP contribution in [0.5, 0.6) is 0 Å². The molecule has 0 saturated carbocycles. The highest BCUT2D eigenvalue weighted by Crippen LogP contribution is 2.27. The zero-order valence-electron chi connectivity index (χ0n) is 12.4. The fourth-order valence-electron chi connectivity index (χ4n) is 2.04. The van der Waals surface area contributed by atoms with Gasteiger partial charge in [0.2, 0.25) is 5.91 Å². The quantitative estimate of drug-likeness (QED) is 0.653. The number of anilines is 3. The SMILES string of the molecule is Br.CC(=O)Nc1ccc(-c2csc(Nc3ccccc3)n2)cc1. The molecule has 1 aromatic heterocycles. The van der Waals surface area contributed by atoms with Crippen molar-refractivity contribution in [2.24, 2.45) is 0 Å². The van der Waals surface area contributed by atoms with Gasteiger partial charge in [-0.1, -0.05) is 30.3 Å². The normalized spacial score (nSPS) is 9.78. The number of halogens is 1. The summed E-state index contributed by atoms with van der Waals surface area (Å²) in [6.07, 6.45) is 0. The van der Waals surface area contributed by atoms with Gasteiger partial charge in [0.1, 0.15) is 0 Å². The summed E-state index contributed by atoms with van der Waals surface area (Å²) >= 11 is 1.56. The first kappa shape index (κ1) is 17.2. The molecular weight excluding hydrogens is 374 g/mol. The van der Waals surface area contributed by atoms with Crippen LogP contribution in [0, 0.1) is 0 Å². The molecule has 23 heavy (non-hydrogen) atoms. The molecule has 2 N–H and O–H groups in total. The van der Waals surface area contributed by atoms with E-state index in [1.807, 2.05) is 60.0 Å². The molecule has 0 aliphatic heterocycles. The van der Waals surface area contributed by atoms with E-state index < -0.39 is 0 Å². The third-order valence-corrected chi connectivity index (χ3v) is 3.79. The zero-order chi connectivity index (χ0) is 15.4. The van der Waals surface area contributed by atoms with Crippen molar-refractivity contribution < 1.29 is 4.79 Å². The maximum absolute atomic E-state index is 11.0. The Hall–Kier alpha value is -2.18. The van der Waals surface area contributed by atoms with Crippen molar-refractivity contribution in [1.29, 1.82) is 0 Å². The molecule has 0 radical (unpaired) electrons. The zero-order valence-corrected chi connectivity index (χ0v) is 15.0. The van der Waals surface area contributed by atoms with Crippen molar-refractivity contribution in [2.45, 2.75) is 6.92 Å². The molecule has 118 valence electrons. The third kappa shape index (κ3) is 4.64. The lowest BCUT2D eigenvalue weighted by molar-refractivity contribution is -0.114. The van der Waals surface area contributed by atoms with Crippen molar-refractivity contribution in [2.75, 3.05) is 10.6 Å². The second-order valence-electron chi connectivity index (χ2n) is 4.79. The number of para-hydroxylation sites is 1. The van der Waals surface area contributed by atoms with Crippen molar-refractivity contribution in [1.82, 2.24) is 4.98 Å². The minimum atomic E-state index is -0.0734. The average Bonchev–Trinajstić information content (AvgIpc) is 2.97. The molecule has 0 atom stereocenters. The predicted molar refractivity (Wildman–Crippen MR) is 102 cm³/mol. The first-order valence-corrected chi connectivity index (χ1v) is 7.74. The van der Waals surface area contributed by atoms with Crippen LogP contribution in [0.15, 0.2) is 60.0 Å². The molecule has 0 fully saturated rings. The molecule has 3 rings (SSSR count). The van der Waals surface area contributed by atoms with Gasteiger partial charge < -0.3 is 10.6 Å². The van der Waals surface area contributed by atoms with E-state index in [1.54, 1.807) is 11.3 Å². The van der Waals surface area contributed by atoms with Crippen LogP contribution in [-0.4, -0.2) is 10.9 Å². The molecule has 0 aliphatic rings. The number of thiazole rings is 1. The van der Waals surface area contributed by atoms with Gasteiger partial charge in [-0.3, -0.25) is 4.79 Å². The maximum atomic E-state index is 11.0. The topological polar surface area (TPSA) is 54.0 Å². The van der Waals surface area contributed by atoms with Gasteiger partial charge in [0, 0.05) is 29.2 Å². The van der Waals surface area contributed by atoms with Crippen LogP contribution in [0.25, 0.3) is 11.3 Å². The summed E-state index contributed by atoms with van der Waals surface area (Å²) in [7, 11) is 0. The van der Waals surface area contributed by atoms with Gasteiger partial charge in [-0.05, 0) is 24.3 Å². The first-order valence-electron chi connectivity index (χ1n) is 6.86. The molecule has 0 spiro atoms. The Kier molecular flexibility index (Phi) is 5.90. The Balaban J connectivity index is 0.00000192. The number of benzene rings is 2. The minimum Gasteiger partial charge on any atom is -0.332 e. The summed E-state index contributed by atoms with van der Waals surface area (Å²) in [5.74, 6) is -0.0734. The number of hydrogen-bond acceptors (Lipinski definition) is 4. The van der Waals surface area contributed by atoms with Gasteiger partial charge in [-0.25, -0.2) is 4.98 Å².